The van der Waals surface area contributed by atoms with Crippen molar-refractivity contribution in [2.24, 2.45) is 5.73 Å². The summed E-state index contributed by atoms with van der Waals surface area (Å²) in [5, 5.41) is 2.79. The average Bonchev–Trinajstić information content (AvgIpc) is 2.19. The Morgan fingerprint density at radius 2 is 2.29 bits per heavy atom. The molecule has 14 heavy (non-hydrogen) atoms. The van der Waals surface area contributed by atoms with E-state index in [-0.39, 0.29) is 11.9 Å². The van der Waals surface area contributed by atoms with Crippen molar-refractivity contribution < 1.29 is 4.79 Å². The number of nitrogens with two attached hydrogens (primary N) is 1. The summed E-state index contributed by atoms with van der Waals surface area (Å²) < 4.78 is 0. The Kier molecular flexibility index (Phi) is 3.59. The average molecular weight is 193 g/mol. The molecule has 1 aromatic rings. The summed E-state index contributed by atoms with van der Waals surface area (Å²) in [5.41, 5.74) is 6.41. The molecule has 0 saturated carbocycles. The maximum absolute atomic E-state index is 11.3. The zero-order valence-corrected chi connectivity index (χ0v) is 8.40. The van der Waals surface area contributed by atoms with E-state index in [9.17, 15) is 4.79 Å². The van der Waals surface area contributed by atoms with Gasteiger partial charge < -0.3 is 11.1 Å². The second kappa shape index (κ2) is 4.72. The van der Waals surface area contributed by atoms with E-state index in [0.717, 1.165) is 5.56 Å². The van der Waals surface area contributed by atoms with Crippen molar-refractivity contribution in [2.45, 2.75) is 25.9 Å². The number of carbonyl (C=O) groups excluding carboxylic acids is 1. The molecule has 4 heteroatoms. The van der Waals surface area contributed by atoms with Crippen LogP contribution in [0, 0.1) is 0 Å². The van der Waals surface area contributed by atoms with Crippen molar-refractivity contribution in [3.63, 3.8) is 0 Å². The highest BCUT2D eigenvalue weighted by atomic mass is 16.2. The quantitative estimate of drug-likeness (QED) is 0.739. The molecule has 4 nitrogen and oxygen atoms in total. The van der Waals surface area contributed by atoms with Crippen molar-refractivity contribution >= 4 is 5.91 Å². The van der Waals surface area contributed by atoms with E-state index >= 15 is 0 Å². The van der Waals surface area contributed by atoms with Crippen LogP contribution < -0.4 is 11.1 Å². The van der Waals surface area contributed by atoms with Crippen LogP contribution in [0.3, 0.4) is 0 Å². The molecule has 0 aromatic carbocycles. The minimum atomic E-state index is -0.478. The lowest BCUT2D eigenvalue weighted by molar-refractivity contribution is -0.122. The monoisotopic (exact) mass is 193 g/mol. The smallest absolute Gasteiger partial charge is 0.237 e. The summed E-state index contributed by atoms with van der Waals surface area (Å²) >= 11 is 0. The number of nitrogens with one attached hydrogen (secondary N) is 1. The Hall–Kier alpha value is -1.42. The summed E-state index contributed by atoms with van der Waals surface area (Å²) in [5.74, 6) is -0.152. The van der Waals surface area contributed by atoms with E-state index in [4.69, 9.17) is 5.73 Å². The predicted molar refractivity (Wildman–Crippen MR) is 54.4 cm³/mol. The molecule has 0 aliphatic carbocycles. The Morgan fingerprint density at radius 3 is 2.79 bits per heavy atom. The minimum Gasteiger partial charge on any atom is -0.348 e. The van der Waals surface area contributed by atoms with Crippen molar-refractivity contribution in [1.82, 2.24) is 10.3 Å². The third-order valence-electron chi connectivity index (χ3n) is 1.96. The molecule has 0 aliphatic heterocycles. The summed E-state index contributed by atoms with van der Waals surface area (Å²) in [7, 11) is 0. The lowest BCUT2D eigenvalue weighted by atomic mass is 10.1. The fraction of sp³-hybridized carbons (Fsp3) is 0.400. The van der Waals surface area contributed by atoms with Crippen LogP contribution in [-0.2, 0) is 4.79 Å². The third-order valence-corrected chi connectivity index (χ3v) is 1.96. The largest absolute Gasteiger partial charge is 0.348 e. The zero-order valence-electron chi connectivity index (χ0n) is 8.40. The van der Waals surface area contributed by atoms with E-state index in [0.29, 0.717) is 0 Å². The summed E-state index contributed by atoms with van der Waals surface area (Å²) in [4.78, 5) is 15.2. The summed E-state index contributed by atoms with van der Waals surface area (Å²) in [6.45, 7) is 3.56. The zero-order chi connectivity index (χ0) is 10.6. The first kappa shape index (κ1) is 10.7. The molecule has 1 heterocycles. The maximum Gasteiger partial charge on any atom is 0.237 e. The maximum atomic E-state index is 11.3. The van der Waals surface area contributed by atoms with Crippen molar-refractivity contribution in [1.29, 1.82) is 0 Å². The SMILES string of the molecule is CC(N)C(=O)N[C@H](C)c1cccnc1. The van der Waals surface area contributed by atoms with Crippen LogP contribution in [0.5, 0.6) is 0 Å². The predicted octanol–water partition coefficient (Wildman–Crippen LogP) is 0.606. The summed E-state index contributed by atoms with van der Waals surface area (Å²) in [6, 6.07) is 3.22. The number of pyridine rings is 1. The van der Waals surface area contributed by atoms with Gasteiger partial charge in [0.2, 0.25) is 5.91 Å². The van der Waals surface area contributed by atoms with Gasteiger partial charge in [-0.15, -0.1) is 0 Å². The van der Waals surface area contributed by atoms with E-state index in [1.807, 2.05) is 19.1 Å². The van der Waals surface area contributed by atoms with Crippen molar-refractivity contribution in [3.05, 3.63) is 30.1 Å². The first-order valence-corrected chi connectivity index (χ1v) is 4.57. The molecule has 0 spiro atoms. The minimum absolute atomic E-state index is 0.0535. The second-order valence-corrected chi connectivity index (χ2v) is 3.31. The Morgan fingerprint density at radius 1 is 1.57 bits per heavy atom. The standard InChI is InChI=1S/C10H15N3O/c1-7(11)10(14)13-8(2)9-4-3-5-12-6-9/h3-8H,11H2,1-2H3,(H,13,14)/t7?,8-/m1/s1. The number of carbonyl (C=O) groups is 1. The van der Waals surface area contributed by atoms with Crippen LogP contribution in [-0.4, -0.2) is 16.9 Å². The molecule has 0 fully saturated rings. The molecule has 0 bridgehead atoms. The molecule has 0 aliphatic rings. The molecule has 1 rings (SSSR count). The van der Waals surface area contributed by atoms with Gasteiger partial charge in [-0.1, -0.05) is 6.07 Å². The lowest BCUT2D eigenvalue weighted by Gasteiger charge is -2.15. The fourth-order valence-corrected chi connectivity index (χ4v) is 1.06. The van der Waals surface area contributed by atoms with Gasteiger partial charge in [0.15, 0.2) is 0 Å². The van der Waals surface area contributed by atoms with Gasteiger partial charge in [-0.25, -0.2) is 0 Å². The van der Waals surface area contributed by atoms with Crippen LogP contribution in [0.25, 0.3) is 0 Å². The van der Waals surface area contributed by atoms with Gasteiger partial charge >= 0.3 is 0 Å². The van der Waals surface area contributed by atoms with Gasteiger partial charge in [0, 0.05) is 12.4 Å². The number of hydrogen-bond acceptors (Lipinski definition) is 3. The van der Waals surface area contributed by atoms with Gasteiger partial charge in [-0.3, -0.25) is 9.78 Å². The number of nitrogens with zero attached hydrogens (tertiary/aromatic N) is 1. The first-order chi connectivity index (χ1) is 6.61. The highest BCUT2D eigenvalue weighted by Gasteiger charge is 2.11. The molecule has 1 aromatic heterocycles. The molecule has 0 radical (unpaired) electrons. The normalized spacial score (nSPS) is 14.5. The van der Waals surface area contributed by atoms with Crippen LogP contribution in [0.1, 0.15) is 25.5 Å². The van der Waals surface area contributed by atoms with E-state index in [2.05, 4.69) is 10.3 Å². The van der Waals surface area contributed by atoms with E-state index in [1.54, 1.807) is 19.3 Å². The second-order valence-electron chi connectivity index (χ2n) is 3.31. The van der Waals surface area contributed by atoms with Crippen LogP contribution in [0.2, 0.25) is 0 Å². The first-order valence-electron chi connectivity index (χ1n) is 4.57. The molecule has 0 saturated heterocycles. The van der Waals surface area contributed by atoms with Crippen molar-refractivity contribution in [2.75, 3.05) is 0 Å². The third kappa shape index (κ3) is 2.81. The molecule has 76 valence electrons. The highest BCUT2D eigenvalue weighted by Crippen LogP contribution is 2.09. The van der Waals surface area contributed by atoms with Crippen LogP contribution in [0.15, 0.2) is 24.5 Å². The van der Waals surface area contributed by atoms with Gasteiger partial charge in [0.25, 0.3) is 0 Å². The molecule has 1 unspecified atom stereocenters. The van der Waals surface area contributed by atoms with Crippen LogP contribution >= 0.6 is 0 Å². The van der Waals surface area contributed by atoms with Crippen LogP contribution in [0.4, 0.5) is 0 Å². The molecule has 3 N–H and O–H groups in total. The van der Waals surface area contributed by atoms with Gasteiger partial charge in [-0.2, -0.15) is 0 Å². The summed E-state index contributed by atoms with van der Waals surface area (Å²) in [6.07, 6.45) is 3.43. The van der Waals surface area contributed by atoms with E-state index < -0.39 is 6.04 Å². The fourth-order valence-electron chi connectivity index (χ4n) is 1.06. The van der Waals surface area contributed by atoms with Gasteiger partial charge in [-0.05, 0) is 25.5 Å². The molecule has 2 atom stereocenters. The van der Waals surface area contributed by atoms with Gasteiger partial charge in [0.05, 0.1) is 12.1 Å². The number of hydrogen-bond donors (Lipinski definition) is 2. The topological polar surface area (TPSA) is 68.0 Å². The number of rotatable bonds is 3. The highest BCUT2D eigenvalue weighted by molar-refractivity contribution is 5.81. The molecular formula is C10H15N3O. The number of amides is 1. The molecular weight excluding hydrogens is 178 g/mol. The Bertz CT molecular complexity index is 297. The Labute approximate surface area is 83.5 Å². The Balaban J connectivity index is 2.59. The molecule has 1 amide bonds. The van der Waals surface area contributed by atoms with E-state index in [1.165, 1.54) is 0 Å². The number of aromatic nitrogens is 1. The lowest BCUT2D eigenvalue weighted by Crippen LogP contribution is -2.39. The van der Waals surface area contributed by atoms with Crippen molar-refractivity contribution in [3.8, 4) is 0 Å². The van der Waals surface area contributed by atoms with Gasteiger partial charge in [0.1, 0.15) is 0 Å².